The van der Waals surface area contributed by atoms with E-state index in [4.69, 9.17) is 5.84 Å². The maximum absolute atomic E-state index is 13.5. The number of nitrogen functional groups attached to an aromatic ring is 1. The Morgan fingerprint density at radius 3 is 2.76 bits per heavy atom. The first-order valence-corrected chi connectivity index (χ1v) is 6.07. The van der Waals surface area contributed by atoms with Crippen LogP contribution in [0.15, 0.2) is 12.1 Å². The number of hydrogen-bond donors (Lipinski definition) is 2. The van der Waals surface area contributed by atoms with Crippen molar-refractivity contribution in [2.24, 2.45) is 5.84 Å². The third kappa shape index (κ3) is 2.27. The monoisotopic (exact) mass is 252 g/mol. The molecule has 0 bridgehead atoms. The Morgan fingerprint density at radius 1 is 1.41 bits per heavy atom. The standard InChI is InChI=1S/C11H13FN4S/c1-3-7-4-5-8(17-7)10-14-6(2)9(12)11(15-10)16-13/h4-5H,3,13H2,1-2H3,(H,14,15,16). The molecule has 0 fully saturated rings. The van der Waals surface area contributed by atoms with Crippen LogP contribution in [-0.2, 0) is 6.42 Å². The minimum Gasteiger partial charge on any atom is -0.306 e. The molecule has 2 heterocycles. The summed E-state index contributed by atoms with van der Waals surface area (Å²) < 4.78 is 13.5. The van der Waals surface area contributed by atoms with Crippen LogP contribution in [0, 0.1) is 12.7 Å². The van der Waals surface area contributed by atoms with Crippen LogP contribution < -0.4 is 11.3 Å². The number of halogens is 1. The Balaban J connectivity index is 2.48. The van der Waals surface area contributed by atoms with Gasteiger partial charge in [0.25, 0.3) is 0 Å². The predicted octanol–water partition coefficient (Wildman–Crippen LogP) is 2.50. The number of aryl methyl sites for hydroxylation is 2. The van der Waals surface area contributed by atoms with Gasteiger partial charge in [-0.2, -0.15) is 0 Å². The van der Waals surface area contributed by atoms with Gasteiger partial charge >= 0.3 is 0 Å². The molecule has 17 heavy (non-hydrogen) atoms. The van der Waals surface area contributed by atoms with E-state index in [0.29, 0.717) is 5.82 Å². The summed E-state index contributed by atoms with van der Waals surface area (Å²) in [4.78, 5) is 10.3. The molecule has 90 valence electrons. The molecule has 3 N–H and O–H groups in total. The summed E-state index contributed by atoms with van der Waals surface area (Å²) >= 11 is 1.60. The lowest BCUT2D eigenvalue weighted by molar-refractivity contribution is 0.606. The molecule has 0 atom stereocenters. The number of nitrogens with one attached hydrogen (secondary N) is 1. The van der Waals surface area contributed by atoms with Gasteiger partial charge in [-0.15, -0.1) is 11.3 Å². The van der Waals surface area contributed by atoms with Crippen LogP contribution >= 0.6 is 11.3 Å². The van der Waals surface area contributed by atoms with Gasteiger partial charge in [0.15, 0.2) is 17.5 Å². The normalized spacial score (nSPS) is 10.6. The lowest BCUT2D eigenvalue weighted by atomic mass is 10.3. The molecule has 2 aromatic rings. The Labute approximate surface area is 103 Å². The Morgan fingerprint density at radius 2 is 2.18 bits per heavy atom. The molecule has 0 aliphatic rings. The fourth-order valence-electron chi connectivity index (χ4n) is 1.45. The van der Waals surface area contributed by atoms with Crippen molar-refractivity contribution in [1.82, 2.24) is 9.97 Å². The van der Waals surface area contributed by atoms with Crippen molar-refractivity contribution in [2.75, 3.05) is 5.43 Å². The smallest absolute Gasteiger partial charge is 0.187 e. The zero-order valence-corrected chi connectivity index (χ0v) is 10.4. The predicted molar refractivity (Wildman–Crippen MR) is 67.2 cm³/mol. The molecule has 0 radical (unpaired) electrons. The fraction of sp³-hybridized carbons (Fsp3) is 0.273. The lowest BCUT2D eigenvalue weighted by Gasteiger charge is -2.05. The van der Waals surface area contributed by atoms with E-state index in [1.807, 2.05) is 12.1 Å². The average molecular weight is 252 g/mol. The van der Waals surface area contributed by atoms with Crippen molar-refractivity contribution in [1.29, 1.82) is 0 Å². The number of nitrogens with two attached hydrogens (primary N) is 1. The molecule has 6 heteroatoms. The van der Waals surface area contributed by atoms with E-state index in [0.717, 1.165) is 11.3 Å². The summed E-state index contributed by atoms with van der Waals surface area (Å²) in [6.45, 7) is 3.68. The van der Waals surface area contributed by atoms with Gasteiger partial charge in [0.1, 0.15) is 0 Å². The Bertz CT molecular complexity index is 538. The molecule has 0 saturated heterocycles. The van der Waals surface area contributed by atoms with Gasteiger partial charge in [0.05, 0.1) is 10.6 Å². The van der Waals surface area contributed by atoms with Crippen LogP contribution in [0.4, 0.5) is 10.2 Å². The van der Waals surface area contributed by atoms with Crippen molar-refractivity contribution in [3.8, 4) is 10.7 Å². The second-order valence-electron chi connectivity index (χ2n) is 3.56. The number of hydrazine groups is 1. The highest BCUT2D eigenvalue weighted by molar-refractivity contribution is 7.15. The topological polar surface area (TPSA) is 63.8 Å². The van der Waals surface area contributed by atoms with Gasteiger partial charge in [0, 0.05) is 4.88 Å². The molecular weight excluding hydrogens is 239 g/mol. The van der Waals surface area contributed by atoms with Gasteiger partial charge in [0.2, 0.25) is 0 Å². The minimum absolute atomic E-state index is 0.0268. The van der Waals surface area contributed by atoms with E-state index in [2.05, 4.69) is 22.3 Å². The molecule has 2 aromatic heterocycles. The van der Waals surface area contributed by atoms with Gasteiger partial charge < -0.3 is 5.43 Å². The highest BCUT2D eigenvalue weighted by atomic mass is 32.1. The maximum Gasteiger partial charge on any atom is 0.187 e. The molecule has 0 amide bonds. The van der Waals surface area contributed by atoms with E-state index < -0.39 is 5.82 Å². The summed E-state index contributed by atoms with van der Waals surface area (Å²) in [6, 6.07) is 3.97. The molecule has 0 unspecified atom stereocenters. The number of rotatable bonds is 3. The van der Waals surface area contributed by atoms with E-state index in [1.54, 1.807) is 18.3 Å². The summed E-state index contributed by atoms with van der Waals surface area (Å²) in [6.07, 6.45) is 0.965. The second kappa shape index (κ2) is 4.77. The van der Waals surface area contributed by atoms with Crippen molar-refractivity contribution in [2.45, 2.75) is 20.3 Å². The fourth-order valence-corrected chi connectivity index (χ4v) is 2.33. The highest BCUT2D eigenvalue weighted by Gasteiger charge is 2.12. The van der Waals surface area contributed by atoms with E-state index in [-0.39, 0.29) is 11.5 Å². The van der Waals surface area contributed by atoms with Gasteiger partial charge in [-0.1, -0.05) is 6.92 Å². The SMILES string of the molecule is CCc1ccc(-c2nc(C)c(F)c(NN)n2)s1. The van der Waals surface area contributed by atoms with E-state index in [1.165, 1.54) is 4.88 Å². The summed E-state index contributed by atoms with van der Waals surface area (Å²) in [5.74, 6) is 5.24. The molecule has 0 aliphatic heterocycles. The second-order valence-corrected chi connectivity index (χ2v) is 4.73. The molecular formula is C11H13FN4S. The molecule has 4 nitrogen and oxygen atoms in total. The first kappa shape index (κ1) is 11.9. The molecule has 0 saturated carbocycles. The van der Waals surface area contributed by atoms with Crippen molar-refractivity contribution >= 4 is 17.2 Å². The van der Waals surface area contributed by atoms with Crippen molar-refractivity contribution in [3.63, 3.8) is 0 Å². The van der Waals surface area contributed by atoms with Gasteiger partial charge in [-0.05, 0) is 25.5 Å². The number of aromatic nitrogens is 2. The third-order valence-corrected chi connectivity index (χ3v) is 3.61. The maximum atomic E-state index is 13.5. The zero-order chi connectivity index (χ0) is 12.4. The summed E-state index contributed by atoms with van der Waals surface area (Å²) in [5.41, 5.74) is 2.53. The van der Waals surface area contributed by atoms with Gasteiger partial charge in [-0.3, -0.25) is 0 Å². The summed E-state index contributed by atoms with van der Waals surface area (Å²) in [5, 5.41) is 0. The van der Waals surface area contributed by atoms with E-state index >= 15 is 0 Å². The van der Waals surface area contributed by atoms with E-state index in [9.17, 15) is 4.39 Å². The minimum atomic E-state index is -0.511. The Kier molecular flexibility index (Phi) is 3.35. The van der Waals surface area contributed by atoms with Crippen LogP contribution in [-0.4, -0.2) is 9.97 Å². The number of hydrogen-bond acceptors (Lipinski definition) is 5. The quantitative estimate of drug-likeness (QED) is 0.650. The van der Waals surface area contributed by atoms with Crippen LogP contribution in [0.3, 0.4) is 0 Å². The summed E-state index contributed by atoms with van der Waals surface area (Å²) in [7, 11) is 0. The van der Waals surface area contributed by atoms with Crippen LogP contribution in [0.25, 0.3) is 10.7 Å². The number of anilines is 1. The number of nitrogens with zero attached hydrogens (tertiary/aromatic N) is 2. The molecule has 0 spiro atoms. The zero-order valence-electron chi connectivity index (χ0n) is 9.62. The Hall–Kier alpha value is -1.53. The van der Waals surface area contributed by atoms with Gasteiger partial charge in [-0.25, -0.2) is 20.2 Å². The van der Waals surface area contributed by atoms with Crippen LogP contribution in [0.5, 0.6) is 0 Å². The first-order valence-electron chi connectivity index (χ1n) is 5.25. The van der Waals surface area contributed by atoms with Crippen molar-refractivity contribution < 1.29 is 4.39 Å². The van der Waals surface area contributed by atoms with Crippen molar-refractivity contribution in [3.05, 3.63) is 28.5 Å². The highest BCUT2D eigenvalue weighted by Crippen LogP contribution is 2.27. The first-order chi connectivity index (χ1) is 8.15. The molecule has 0 aromatic carbocycles. The van der Waals surface area contributed by atoms with Crippen LogP contribution in [0.2, 0.25) is 0 Å². The largest absolute Gasteiger partial charge is 0.306 e. The average Bonchev–Trinajstić information content (AvgIpc) is 2.81. The number of thiophene rings is 1. The van der Waals surface area contributed by atoms with Crippen LogP contribution in [0.1, 0.15) is 17.5 Å². The lowest BCUT2D eigenvalue weighted by Crippen LogP contribution is -2.12. The molecule has 2 rings (SSSR count). The molecule has 0 aliphatic carbocycles. The third-order valence-electron chi connectivity index (χ3n) is 2.38.